The van der Waals surface area contributed by atoms with Gasteiger partial charge in [0.25, 0.3) is 0 Å². The molecule has 34 nitrogen and oxygen atoms in total. The molecule has 6 saturated carbocycles. The Balaban J connectivity index is 0.000000230. The van der Waals surface area contributed by atoms with Crippen LogP contribution in [0.3, 0.4) is 0 Å². The topological polar surface area (TPSA) is 507 Å². The molecule has 0 bridgehead atoms. The number of Topliss-reactive ketones (excluding diaryl/α,β-unsaturated/α-hetero) is 2. The predicted molar refractivity (Wildman–Crippen MR) is 509 cm³/mol. The van der Waals surface area contributed by atoms with Crippen molar-refractivity contribution in [2.75, 3.05) is 23.7 Å². The Kier molecular flexibility index (Phi) is 34.0. The Bertz CT molecular complexity index is 5060. The monoisotopic (exact) mass is 1930 g/mol. The van der Waals surface area contributed by atoms with Crippen molar-refractivity contribution < 1.29 is 105 Å². The number of carboxylic acids is 2. The van der Waals surface area contributed by atoms with Gasteiger partial charge in [-0.1, -0.05) is 168 Å². The first-order chi connectivity index (χ1) is 64.5. The van der Waals surface area contributed by atoms with Crippen LogP contribution in [0.2, 0.25) is 0 Å². The van der Waals surface area contributed by atoms with E-state index in [1.807, 2.05) is 0 Å². The summed E-state index contributed by atoms with van der Waals surface area (Å²) in [6.45, 7) is 25.1. The van der Waals surface area contributed by atoms with Gasteiger partial charge in [-0.3, -0.25) is 59.0 Å². The number of ketones is 2. The number of nitro groups is 2. The number of phosphoric acid groups is 2. The van der Waals surface area contributed by atoms with E-state index in [-0.39, 0.29) is 107 Å². The van der Waals surface area contributed by atoms with Crippen LogP contribution in [0.1, 0.15) is 273 Å². The van der Waals surface area contributed by atoms with E-state index in [4.69, 9.17) is 18.7 Å². The van der Waals surface area contributed by atoms with E-state index in [1.54, 1.807) is 0 Å². The smallest absolute Gasteiger partial charge is 0.481 e. The third-order valence-electron chi connectivity index (χ3n) is 33.0. The van der Waals surface area contributed by atoms with Crippen LogP contribution >= 0.6 is 15.6 Å². The maximum atomic E-state index is 14.0. The number of fused-ring (bicyclic) bond motifs is 12. The second-order valence-corrected chi connectivity index (χ2v) is 44.7. The second-order valence-electron chi connectivity index (χ2n) is 42.3. The van der Waals surface area contributed by atoms with Gasteiger partial charge < -0.3 is 50.0 Å². The zero-order valence-corrected chi connectivity index (χ0v) is 81.9. The van der Waals surface area contributed by atoms with Gasteiger partial charge in [0.05, 0.1) is 45.1 Å². The zero-order valence-electron chi connectivity index (χ0n) is 80.1. The number of nitro benzene ring substituents is 2. The molecule has 6 aromatic rings. The Labute approximate surface area is 794 Å². The fourth-order valence-electron chi connectivity index (χ4n) is 25.9. The summed E-state index contributed by atoms with van der Waals surface area (Å²) < 4.78 is 53.8. The van der Waals surface area contributed by atoms with Crippen LogP contribution in [0.4, 0.5) is 32.3 Å². The number of phosphoric ester groups is 2. The number of non-ortho nitro benzene ring substituents is 2. The first-order valence-corrected chi connectivity index (χ1v) is 52.4. The van der Waals surface area contributed by atoms with Crippen molar-refractivity contribution in [1.29, 1.82) is 0 Å². The highest BCUT2D eigenvalue weighted by Gasteiger charge is 2.62. The van der Waals surface area contributed by atoms with Crippen LogP contribution in [0.15, 0.2) is 105 Å². The molecule has 0 saturated heterocycles. The molecule has 36 heteroatoms. The quantitative estimate of drug-likeness (QED) is 0.00558. The normalized spacial score (nSPS) is 26.9. The number of carbonyl (C=O) groups excluding carboxylic acids is 4. The van der Waals surface area contributed by atoms with E-state index in [1.165, 1.54) is 174 Å². The van der Waals surface area contributed by atoms with Crippen LogP contribution < -0.4 is 30.3 Å². The van der Waals surface area contributed by atoms with E-state index >= 15 is 0 Å². The number of benzene rings is 4. The third kappa shape index (κ3) is 25.1. The number of carboxylic acid groups (broad SMARTS) is 2. The number of rotatable bonds is 44. The molecule has 14 rings (SSSR count). The van der Waals surface area contributed by atoms with Crippen LogP contribution in [-0.4, -0.2) is 133 Å². The Morgan fingerprint density at radius 1 is 0.471 bits per heavy atom. The number of alkyl carbamates (subject to hydrolysis) is 2. The molecule has 744 valence electrons. The van der Waals surface area contributed by atoms with Crippen molar-refractivity contribution in [3.05, 3.63) is 127 Å². The van der Waals surface area contributed by atoms with Gasteiger partial charge in [-0.05, 0) is 289 Å². The molecule has 8 aliphatic carbocycles. The van der Waals surface area contributed by atoms with Gasteiger partial charge in [-0.2, -0.15) is 0 Å². The minimum Gasteiger partial charge on any atom is -0.481 e. The first-order valence-electron chi connectivity index (χ1n) is 49.3. The van der Waals surface area contributed by atoms with Crippen LogP contribution in [0.5, 0.6) is 11.5 Å². The molecule has 6 fully saturated rings. The number of nitrogens with zero attached hydrogens (tertiary/aromatic N) is 6. The Morgan fingerprint density at radius 2 is 0.846 bits per heavy atom. The summed E-state index contributed by atoms with van der Waals surface area (Å²) in [4.78, 5) is 139. The number of amides is 2. The lowest BCUT2D eigenvalue weighted by Crippen LogP contribution is -2.51. The van der Waals surface area contributed by atoms with E-state index in [9.17, 15) is 87.9 Å². The van der Waals surface area contributed by atoms with Gasteiger partial charge in [0, 0.05) is 50.9 Å². The summed E-state index contributed by atoms with van der Waals surface area (Å²) in [7, 11) is -9.63. The van der Waals surface area contributed by atoms with Crippen molar-refractivity contribution in [2.24, 2.45) is 105 Å². The minimum atomic E-state index is -4.81. The van der Waals surface area contributed by atoms with Crippen molar-refractivity contribution in [2.45, 2.75) is 299 Å². The number of unbranched alkanes of at least 4 members (excludes halogenated alkanes) is 2. The SMILES string of the molecule is CC(C)CCC[C@@H](C)C1CC[C@H]2[C@@H]3CC=C4CC(OC(=O)NC(Cc5ccc(OP(=O)(O)O)cc5)C(=O)C[C@@H](CCCCNc5ccc([N+](=O)[O-])c6nonc56)C(=O)O)CC[C@]4(C)[C@H]3CC[C@]12C.CC(C)CCC[C@@H](C)C1CC[C@H]2[C@@H]3CC=C4CC(OC(=O)NC(Cc5ccc(OP(=O)(O)O)cc5)C(=O)C[C@H](CCCCNc5ccc([N+](=O)[O-])c6nonc56)C(=O)O)CC[C@]4(C)[C@H]3CC[C@]12C. The molecule has 2 aromatic heterocycles. The predicted octanol–water partition coefficient (Wildman–Crippen LogP) is 21.2. The molecule has 136 heavy (non-hydrogen) atoms. The van der Waals surface area contributed by atoms with E-state index < -0.39 is 85.1 Å². The van der Waals surface area contributed by atoms with Gasteiger partial charge in [0.15, 0.2) is 22.6 Å². The number of allylic oxidation sites excluding steroid dienone is 2. The summed E-state index contributed by atoms with van der Waals surface area (Å²) in [6, 6.07) is 14.7. The number of anilines is 2. The molecular formula is C100H140N10O24P2. The number of ether oxygens (including phenoxy) is 2. The lowest BCUT2D eigenvalue weighted by Gasteiger charge is -2.58. The summed E-state index contributed by atoms with van der Waals surface area (Å²) in [5.74, 6) is 2.93. The third-order valence-corrected chi connectivity index (χ3v) is 33.9. The largest absolute Gasteiger partial charge is 0.524 e. The van der Waals surface area contributed by atoms with Gasteiger partial charge in [0.2, 0.25) is 11.0 Å². The molecule has 20 atom stereocenters. The number of nitrogens with one attached hydrogen (secondary N) is 4. The van der Waals surface area contributed by atoms with E-state index in [0.717, 1.165) is 73.0 Å². The summed E-state index contributed by atoms with van der Waals surface area (Å²) in [5, 5.41) is 69.7. The molecule has 8 aliphatic rings. The number of hydrogen-bond acceptors (Lipinski definition) is 24. The van der Waals surface area contributed by atoms with Crippen molar-refractivity contribution in [3.8, 4) is 11.5 Å². The number of aliphatic carboxylic acids is 2. The summed E-state index contributed by atoms with van der Waals surface area (Å²) in [6.07, 6.45) is 28.7. The van der Waals surface area contributed by atoms with Crippen molar-refractivity contribution in [3.63, 3.8) is 0 Å². The summed E-state index contributed by atoms with van der Waals surface area (Å²) in [5.41, 5.74) is 5.52. The average molecular weight is 1930 g/mol. The maximum Gasteiger partial charge on any atom is 0.524 e. The second kappa shape index (κ2) is 44.6. The molecule has 6 unspecified atom stereocenters. The molecule has 0 spiro atoms. The molecule has 0 radical (unpaired) electrons. The fourth-order valence-corrected chi connectivity index (χ4v) is 26.7. The number of aromatic nitrogens is 4. The van der Waals surface area contributed by atoms with Gasteiger partial charge in [0.1, 0.15) is 23.7 Å². The Hall–Kier alpha value is -9.72. The lowest BCUT2D eigenvalue weighted by atomic mass is 9.47. The van der Waals surface area contributed by atoms with E-state index in [2.05, 4.69) is 132 Å². The van der Waals surface area contributed by atoms with Gasteiger partial charge >= 0.3 is 51.1 Å². The van der Waals surface area contributed by atoms with Crippen LogP contribution in [0.25, 0.3) is 22.1 Å². The minimum absolute atomic E-state index is 0.00422. The van der Waals surface area contributed by atoms with Crippen molar-refractivity contribution in [1.82, 2.24) is 31.3 Å². The fraction of sp³-hybridized carbons (Fsp3) is 0.660. The maximum absolute atomic E-state index is 14.0. The molecule has 4 aromatic carbocycles. The molecule has 2 heterocycles. The van der Waals surface area contributed by atoms with Gasteiger partial charge in [-0.15, -0.1) is 0 Å². The zero-order chi connectivity index (χ0) is 97.9. The highest BCUT2D eigenvalue weighted by Crippen LogP contribution is 2.70. The summed E-state index contributed by atoms with van der Waals surface area (Å²) >= 11 is 0. The number of hydrogen-bond donors (Lipinski definition) is 10. The highest BCUT2D eigenvalue weighted by atomic mass is 31.2. The lowest BCUT2D eigenvalue weighted by molar-refractivity contribution is -0.383. The van der Waals surface area contributed by atoms with Crippen molar-refractivity contribution >= 4 is 96.2 Å². The molecule has 10 N–H and O–H groups in total. The standard InChI is InChI=1S/2C50H70N5O12P/c2*1-30(2)9-8-10-31(3)38-18-19-39-37-17-14-34-29-36(22-24-49(34,4)40(37)23-25-50(38,39)5)65-48(59)52-42(27-32-12-15-35(16-13-32)66-68(62,63)64)44(56)28-33(47(57)58)11-6-7-26-51-41-20-21-43(55(60)61)46-45(41)53-67-54-46/h2*12-16,20-21,30-31,33,36-40,42,51H,6-11,17-19,22-29H2,1-5H3,(H,52,59)(H,57,58)(H2,62,63,64)/t31-,33+,36?,37+,38?,39+,40+,42?,49+,50-;31-,33-,36?,37+,38?,39+,40+,42?,49+,50-/m11/s1. The van der Waals surface area contributed by atoms with Crippen LogP contribution in [0, 0.1) is 125 Å². The average Bonchev–Trinajstić information content (AvgIpc) is 1.50. The highest BCUT2D eigenvalue weighted by molar-refractivity contribution is 7.47. The molecule has 0 aliphatic heterocycles. The van der Waals surface area contributed by atoms with Gasteiger partial charge in [-0.25, -0.2) is 28.0 Å². The van der Waals surface area contributed by atoms with E-state index in [0.29, 0.717) is 121 Å². The molecular weight excluding hydrogens is 1790 g/mol. The Morgan fingerprint density at radius 3 is 1.20 bits per heavy atom. The number of carbonyl (C=O) groups is 6. The van der Waals surface area contributed by atoms with Crippen LogP contribution in [-0.2, 0) is 50.6 Å². The molecule has 2 amide bonds. The first kappa shape index (κ1) is 104.